The predicted molar refractivity (Wildman–Crippen MR) is 155 cm³/mol. The zero-order valence-electron chi connectivity index (χ0n) is 23.7. The highest BCUT2D eigenvalue weighted by Gasteiger charge is 2.15. The summed E-state index contributed by atoms with van der Waals surface area (Å²) in [6.45, 7) is 9.00. The van der Waals surface area contributed by atoms with Gasteiger partial charge in [-0.25, -0.2) is 9.97 Å². The molecule has 0 spiro atoms. The molecule has 8 nitrogen and oxygen atoms in total. The van der Waals surface area contributed by atoms with Crippen LogP contribution < -0.4 is 20.5 Å². The summed E-state index contributed by atoms with van der Waals surface area (Å²) in [7, 11) is 4.07. The number of nitrogens with zero attached hydrogens (tertiary/aromatic N) is 4. The quantitative estimate of drug-likeness (QED) is 0.316. The number of hydrogen-bond donors (Lipinski definition) is 2. The second-order valence-corrected chi connectivity index (χ2v) is 10.3. The van der Waals surface area contributed by atoms with Gasteiger partial charge in [-0.3, -0.25) is 0 Å². The van der Waals surface area contributed by atoms with Crippen molar-refractivity contribution in [2.45, 2.75) is 71.5 Å². The van der Waals surface area contributed by atoms with E-state index in [-0.39, 0.29) is 6.10 Å². The van der Waals surface area contributed by atoms with Gasteiger partial charge in [-0.05, 0) is 83.4 Å². The molecule has 3 N–H and O–H groups in total. The highest BCUT2D eigenvalue weighted by atomic mass is 16.5. The van der Waals surface area contributed by atoms with Crippen molar-refractivity contribution in [3.63, 3.8) is 0 Å². The molecule has 38 heavy (non-hydrogen) atoms. The third kappa shape index (κ3) is 6.85. The van der Waals surface area contributed by atoms with Crippen LogP contribution in [-0.2, 0) is 14.1 Å². The third-order valence-corrected chi connectivity index (χ3v) is 7.41. The Morgan fingerprint density at radius 1 is 0.921 bits per heavy atom. The Kier molecular flexibility index (Phi) is 9.63. The first-order chi connectivity index (χ1) is 18.4. The Hall–Kier alpha value is -3.10. The number of aryl methyl sites for hydroxylation is 4. The number of aromatic nitrogens is 4. The monoisotopic (exact) mass is 520 g/mol. The molecule has 8 heteroatoms. The van der Waals surface area contributed by atoms with Gasteiger partial charge in [0.15, 0.2) is 0 Å². The summed E-state index contributed by atoms with van der Waals surface area (Å²) in [4.78, 5) is 9.04. The van der Waals surface area contributed by atoms with Crippen molar-refractivity contribution in [1.82, 2.24) is 24.4 Å². The SMILES string of the molecule is CCCCC(CCN)Oc1ccc2nc(C)n(C)c2c1.Cc1nc2cc(OC3CCNCC3)ccc2n1C. The lowest BCUT2D eigenvalue weighted by molar-refractivity contribution is 0.162. The van der Waals surface area contributed by atoms with Gasteiger partial charge in [-0.15, -0.1) is 0 Å². The number of nitrogens with two attached hydrogens (primary N) is 1. The molecule has 0 aliphatic carbocycles. The molecule has 5 rings (SSSR count). The lowest BCUT2D eigenvalue weighted by atomic mass is 10.1. The standard InChI is InChI=1S/C16H25N3O.C14H19N3O/c1-4-5-6-13(9-10-17)20-14-7-8-15-16(11-14)19(3)12(2)18-15;1-10-16-13-9-12(3-4-14(13)17(10)2)18-11-5-7-15-8-6-11/h7-8,11,13H,4-6,9-10,17H2,1-3H3;3-4,9,11,15H,5-8H2,1-2H3. The number of benzene rings is 2. The highest BCUT2D eigenvalue weighted by Crippen LogP contribution is 2.24. The number of ether oxygens (including phenoxy) is 2. The molecule has 1 fully saturated rings. The van der Waals surface area contributed by atoms with E-state index in [9.17, 15) is 0 Å². The topological polar surface area (TPSA) is 92.2 Å². The second-order valence-electron chi connectivity index (χ2n) is 10.3. The van der Waals surface area contributed by atoms with E-state index in [1.54, 1.807) is 0 Å². The first-order valence-electron chi connectivity index (χ1n) is 14.0. The van der Waals surface area contributed by atoms with E-state index in [0.29, 0.717) is 12.6 Å². The minimum absolute atomic E-state index is 0.215. The number of hydrogen-bond acceptors (Lipinski definition) is 6. The largest absolute Gasteiger partial charge is 0.490 e. The van der Waals surface area contributed by atoms with Crippen LogP contribution in [0.5, 0.6) is 11.5 Å². The molecule has 1 aliphatic heterocycles. The van der Waals surface area contributed by atoms with E-state index in [0.717, 1.165) is 84.0 Å². The minimum atomic E-state index is 0.215. The molecule has 0 amide bonds. The van der Waals surface area contributed by atoms with Crippen molar-refractivity contribution in [3.05, 3.63) is 48.0 Å². The van der Waals surface area contributed by atoms with E-state index in [2.05, 4.69) is 43.5 Å². The molecule has 0 saturated carbocycles. The smallest absolute Gasteiger partial charge is 0.122 e. The predicted octanol–water partition coefficient (Wildman–Crippen LogP) is 5.18. The normalized spacial score (nSPS) is 14.9. The number of unbranched alkanes of at least 4 members (excludes halogenated alkanes) is 1. The summed E-state index contributed by atoms with van der Waals surface area (Å²) in [5.74, 6) is 3.90. The fourth-order valence-corrected chi connectivity index (χ4v) is 4.91. The maximum atomic E-state index is 6.11. The van der Waals surface area contributed by atoms with Crippen molar-refractivity contribution >= 4 is 22.1 Å². The maximum absolute atomic E-state index is 6.11. The van der Waals surface area contributed by atoms with E-state index >= 15 is 0 Å². The third-order valence-electron chi connectivity index (χ3n) is 7.41. The van der Waals surface area contributed by atoms with E-state index in [1.165, 1.54) is 12.8 Å². The molecule has 206 valence electrons. The summed E-state index contributed by atoms with van der Waals surface area (Å²) in [5, 5.41) is 3.35. The second kappa shape index (κ2) is 13.1. The molecular weight excluding hydrogens is 476 g/mol. The van der Waals surface area contributed by atoms with Crippen LogP contribution in [0.15, 0.2) is 36.4 Å². The van der Waals surface area contributed by atoms with Crippen LogP contribution in [-0.4, -0.2) is 50.9 Å². The van der Waals surface area contributed by atoms with Gasteiger partial charge < -0.3 is 29.7 Å². The van der Waals surface area contributed by atoms with Crippen LogP contribution in [0.2, 0.25) is 0 Å². The summed E-state index contributed by atoms with van der Waals surface area (Å²) in [6.07, 6.45) is 7.06. The van der Waals surface area contributed by atoms with Crippen LogP contribution in [0.4, 0.5) is 0 Å². The zero-order chi connectivity index (χ0) is 27.1. The van der Waals surface area contributed by atoms with Crippen LogP contribution >= 0.6 is 0 Å². The first kappa shape index (κ1) is 27.9. The van der Waals surface area contributed by atoms with Crippen LogP contribution in [0, 0.1) is 13.8 Å². The summed E-state index contributed by atoms with van der Waals surface area (Å²) in [5.41, 5.74) is 9.98. The number of nitrogens with one attached hydrogen (secondary N) is 1. The van der Waals surface area contributed by atoms with Gasteiger partial charge in [0.25, 0.3) is 0 Å². The van der Waals surface area contributed by atoms with Crippen molar-refractivity contribution in [1.29, 1.82) is 0 Å². The van der Waals surface area contributed by atoms with E-state index in [1.807, 2.05) is 52.2 Å². The Labute approximate surface area is 226 Å². The fraction of sp³-hybridized carbons (Fsp3) is 0.533. The van der Waals surface area contributed by atoms with E-state index < -0.39 is 0 Å². The molecule has 0 radical (unpaired) electrons. The van der Waals surface area contributed by atoms with Gasteiger partial charge in [0.2, 0.25) is 0 Å². The Morgan fingerprint density at radius 3 is 2.32 bits per heavy atom. The van der Waals surface area contributed by atoms with Gasteiger partial charge in [-0.1, -0.05) is 19.8 Å². The lowest BCUT2D eigenvalue weighted by Gasteiger charge is -2.23. The molecule has 1 saturated heterocycles. The van der Waals surface area contributed by atoms with Gasteiger partial charge in [0.1, 0.15) is 29.3 Å². The molecule has 1 unspecified atom stereocenters. The van der Waals surface area contributed by atoms with Gasteiger partial charge in [0, 0.05) is 26.2 Å². The molecule has 1 atom stereocenters. The minimum Gasteiger partial charge on any atom is -0.490 e. The molecule has 2 aromatic carbocycles. The molecule has 3 heterocycles. The van der Waals surface area contributed by atoms with Crippen LogP contribution in [0.1, 0.15) is 57.1 Å². The lowest BCUT2D eigenvalue weighted by Crippen LogP contribution is -2.34. The molecule has 2 aromatic heterocycles. The Balaban J connectivity index is 0.000000178. The number of rotatable bonds is 9. The van der Waals surface area contributed by atoms with Gasteiger partial charge in [0.05, 0.1) is 28.2 Å². The molecule has 1 aliphatic rings. The average Bonchev–Trinajstić information content (AvgIpc) is 3.37. The molecule has 0 bridgehead atoms. The summed E-state index contributed by atoms with van der Waals surface area (Å²) >= 11 is 0. The zero-order valence-corrected chi connectivity index (χ0v) is 23.7. The van der Waals surface area contributed by atoms with Crippen molar-refractivity contribution in [2.75, 3.05) is 19.6 Å². The molecular formula is C30H44N6O2. The summed E-state index contributed by atoms with van der Waals surface area (Å²) < 4.78 is 16.3. The Morgan fingerprint density at radius 2 is 1.61 bits per heavy atom. The van der Waals surface area contributed by atoms with Crippen molar-refractivity contribution < 1.29 is 9.47 Å². The average molecular weight is 521 g/mol. The fourth-order valence-electron chi connectivity index (χ4n) is 4.91. The first-order valence-corrected chi connectivity index (χ1v) is 14.0. The van der Waals surface area contributed by atoms with Crippen molar-refractivity contribution in [2.24, 2.45) is 19.8 Å². The van der Waals surface area contributed by atoms with Gasteiger partial charge in [-0.2, -0.15) is 0 Å². The van der Waals surface area contributed by atoms with Crippen LogP contribution in [0.3, 0.4) is 0 Å². The number of fused-ring (bicyclic) bond motifs is 2. The van der Waals surface area contributed by atoms with Crippen LogP contribution in [0.25, 0.3) is 22.1 Å². The Bertz CT molecular complexity index is 1320. The highest BCUT2D eigenvalue weighted by molar-refractivity contribution is 5.78. The number of imidazole rings is 2. The van der Waals surface area contributed by atoms with E-state index in [4.69, 9.17) is 15.2 Å². The number of piperidine rings is 1. The van der Waals surface area contributed by atoms with Gasteiger partial charge >= 0.3 is 0 Å². The summed E-state index contributed by atoms with van der Waals surface area (Å²) in [6, 6.07) is 12.3. The maximum Gasteiger partial charge on any atom is 0.122 e. The molecule has 4 aromatic rings. The van der Waals surface area contributed by atoms with Crippen molar-refractivity contribution in [3.8, 4) is 11.5 Å².